The first kappa shape index (κ1) is 16.1. The van der Waals surface area contributed by atoms with Crippen LogP contribution in [0.1, 0.15) is 19.3 Å². The van der Waals surface area contributed by atoms with Crippen molar-refractivity contribution >= 4 is 5.91 Å². The number of carbonyl (C=O) groups excluding carboxylic acids is 1. The van der Waals surface area contributed by atoms with E-state index in [1.807, 2.05) is 35.2 Å². The molecule has 1 aromatic carbocycles. The molecule has 1 aromatic rings. The van der Waals surface area contributed by atoms with Crippen molar-refractivity contribution in [2.24, 2.45) is 5.92 Å². The number of para-hydroxylation sites is 1. The van der Waals surface area contributed by atoms with Crippen LogP contribution in [0.5, 0.6) is 5.75 Å². The van der Waals surface area contributed by atoms with E-state index in [1.165, 1.54) is 25.8 Å². The van der Waals surface area contributed by atoms with E-state index in [-0.39, 0.29) is 12.5 Å². The third-order valence-electron chi connectivity index (χ3n) is 4.72. The second-order valence-electron chi connectivity index (χ2n) is 6.43. The second kappa shape index (κ2) is 8.16. The Morgan fingerprint density at radius 3 is 2.57 bits per heavy atom. The molecule has 1 atom stereocenters. The van der Waals surface area contributed by atoms with Crippen LogP contribution in [0.15, 0.2) is 42.5 Å². The quantitative estimate of drug-likeness (QED) is 0.783. The Hall–Kier alpha value is -1.81. The molecule has 4 nitrogen and oxygen atoms in total. The van der Waals surface area contributed by atoms with Gasteiger partial charge in [0.25, 0.3) is 5.91 Å². The van der Waals surface area contributed by atoms with Crippen LogP contribution in [-0.2, 0) is 4.79 Å². The van der Waals surface area contributed by atoms with E-state index in [4.69, 9.17) is 4.74 Å². The lowest BCUT2D eigenvalue weighted by Crippen LogP contribution is -2.50. The maximum Gasteiger partial charge on any atom is 0.260 e. The average molecular weight is 314 g/mol. The molecule has 0 radical (unpaired) electrons. The van der Waals surface area contributed by atoms with Crippen LogP contribution >= 0.6 is 0 Å². The molecular weight excluding hydrogens is 288 g/mol. The lowest BCUT2D eigenvalue weighted by molar-refractivity contribution is -0.135. The van der Waals surface area contributed by atoms with Gasteiger partial charge >= 0.3 is 0 Å². The molecule has 0 saturated carbocycles. The number of rotatable bonds is 5. The van der Waals surface area contributed by atoms with Gasteiger partial charge in [-0.15, -0.1) is 0 Å². The summed E-state index contributed by atoms with van der Waals surface area (Å²) in [5.41, 5.74) is 0. The smallest absolute Gasteiger partial charge is 0.260 e. The van der Waals surface area contributed by atoms with Crippen molar-refractivity contribution in [2.75, 3.05) is 39.3 Å². The summed E-state index contributed by atoms with van der Waals surface area (Å²) >= 11 is 0. The number of hydrogen-bond acceptors (Lipinski definition) is 3. The molecule has 1 aliphatic carbocycles. The molecule has 0 N–H and O–H groups in total. The lowest BCUT2D eigenvalue weighted by Gasteiger charge is -2.36. The summed E-state index contributed by atoms with van der Waals surface area (Å²) in [6, 6.07) is 9.53. The first-order chi connectivity index (χ1) is 11.3. The minimum Gasteiger partial charge on any atom is -0.484 e. The van der Waals surface area contributed by atoms with Crippen molar-refractivity contribution in [3.8, 4) is 5.75 Å². The molecule has 0 bridgehead atoms. The fourth-order valence-electron chi connectivity index (χ4n) is 3.32. The van der Waals surface area contributed by atoms with Gasteiger partial charge < -0.3 is 9.64 Å². The number of nitrogens with zero attached hydrogens (tertiary/aromatic N) is 2. The van der Waals surface area contributed by atoms with Gasteiger partial charge in [-0.05, 0) is 37.3 Å². The Morgan fingerprint density at radius 2 is 1.87 bits per heavy atom. The summed E-state index contributed by atoms with van der Waals surface area (Å²) in [7, 11) is 0. The van der Waals surface area contributed by atoms with Crippen molar-refractivity contribution in [3.05, 3.63) is 42.5 Å². The van der Waals surface area contributed by atoms with Crippen molar-refractivity contribution in [2.45, 2.75) is 19.3 Å². The Labute approximate surface area is 138 Å². The van der Waals surface area contributed by atoms with Crippen molar-refractivity contribution < 1.29 is 9.53 Å². The van der Waals surface area contributed by atoms with Crippen molar-refractivity contribution in [1.82, 2.24) is 9.80 Å². The van der Waals surface area contributed by atoms with E-state index < -0.39 is 0 Å². The zero-order chi connectivity index (χ0) is 15.9. The summed E-state index contributed by atoms with van der Waals surface area (Å²) in [5.74, 6) is 1.64. The van der Waals surface area contributed by atoms with E-state index in [9.17, 15) is 4.79 Å². The fourth-order valence-corrected chi connectivity index (χ4v) is 3.32. The van der Waals surface area contributed by atoms with E-state index >= 15 is 0 Å². The monoisotopic (exact) mass is 314 g/mol. The number of hydrogen-bond donors (Lipinski definition) is 0. The van der Waals surface area contributed by atoms with Gasteiger partial charge in [-0.25, -0.2) is 0 Å². The zero-order valence-corrected chi connectivity index (χ0v) is 13.7. The maximum atomic E-state index is 12.2. The summed E-state index contributed by atoms with van der Waals surface area (Å²) in [6.45, 7) is 4.91. The minimum absolute atomic E-state index is 0.0918. The molecule has 23 heavy (non-hydrogen) atoms. The molecular formula is C19H26N2O2. The fraction of sp³-hybridized carbons (Fsp3) is 0.526. The van der Waals surface area contributed by atoms with Gasteiger partial charge in [0.15, 0.2) is 6.61 Å². The molecule has 0 aromatic heterocycles. The third kappa shape index (κ3) is 4.83. The summed E-state index contributed by atoms with van der Waals surface area (Å²) in [6.07, 6.45) is 8.35. The third-order valence-corrected chi connectivity index (χ3v) is 4.72. The Morgan fingerprint density at radius 1 is 1.09 bits per heavy atom. The number of benzene rings is 1. The highest BCUT2D eigenvalue weighted by atomic mass is 16.5. The first-order valence-corrected chi connectivity index (χ1v) is 8.64. The summed E-state index contributed by atoms with van der Waals surface area (Å²) in [4.78, 5) is 16.7. The predicted molar refractivity (Wildman–Crippen MR) is 91.4 cm³/mol. The molecule has 1 heterocycles. The first-order valence-electron chi connectivity index (χ1n) is 8.64. The number of amides is 1. The van der Waals surface area contributed by atoms with Crippen molar-refractivity contribution in [3.63, 3.8) is 0 Å². The highest BCUT2D eigenvalue weighted by Crippen LogP contribution is 2.20. The Balaban J connectivity index is 1.38. The molecule has 2 aliphatic rings. The van der Waals surface area contributed by atoms with Gasteiger partial charge in [-0.1, -0.05) is 30.4 Å². The van der Waals surface area contributed by atoms with E-state index in [0.29, 0.717) is 0 Å². The van der Waals surface area contributed by atoms with Crippen molar-refractivity contribution in [1.29, 1.82) is 0 Å². The van der Waals surface area contributed by atoms with Gasteiger partial charge in [-0.2, -0.15) is 0 Å². The van der Waals surface area contributed by atoms with Gasteiger partial charge in [-0.3, -0.25) is 9.69 Å². The molecule has 1 amide bonds. The highest BCUT2D eigenvalue weighted by Gasteiger charge is 2.23. The van der Waals surface area contributed by atoms with Crippen LogP contribution in [0.2, 0.25) is 0 Å². The number of ether oxygens (including phenoxy) is 1. The summed E-state index contributed by atoms with van der Waals surface area (Å²) in [5, 5.41) is 0. The molecule has 0 spiro atoms. The average Bonchev–Trinajstić information content (AvgIpc) is 2.62. The normalized spacial score (nSPS) is 22.1. The molecule has 1 fully saturated rings. The van der Waals surface area contributed by atoms with Gasteiger partial charge in [0.1, 0.15) is 5.75 Å². The topological polar surface area (TPSA) is 32.8 Å². The SMILES string of the molecule is O=C(COc1ccccc1)N1CCN(C[C@H]2CC=CCC2)CC1. The molecule has 124 valence electrons. The van der Waals surface area contributed by atoms with Crippen LogP contribution in [0.4, 0.5) is 0 Å². The Bertz CT molecular complexity index is 521. The van der Waals surface area contributed by atoms with Gasteiger partial charge in [0, 0.05) is 32.7 Å². The van der Waals surface area contributed by atoms with Crippen LogP contribution in [-0.4, -0.2) is 55.0 Å². The number of piperazine rings is 1. The van der Waals surface area contributed by atoms with E-state index in [1.54, 1.807) is 0 Å². The summed E-state index contributed by atoms with van der Waals surface area (Å²) < 4.78 is 5.56. The van der Waals surface area contributed by atoms with Crippen LogP contribution in [0, 0.1) is 5.92 Å². The number of allylic oxidation sites excluding steroid dienone is 2. The van der Waals surface area contributed by atoms with Gasteiger partial charge in [0.2, 0.25) is 0 Å². The minimum atomic E-state index is 0.0918. The van der Waals surface area contributed by atoms with Gasteiger partial charge in [0.05, 0.1) is 0 Å². The zero-order valence-electron chi connectivity index (χ0n) is 13.7. The van der Waals surface area contributed by atoms with Crippen LogP contribution < -0.4 is 4.74 Å². The molecule has 1 aliphatic heterocycles. The lowest BCUT2D eigenvalue weighted by atomic mass is 9.94. The van der Waals surface area contributed by atoms with Crippen LogP contribution in [0.3, 0.4) is 0 Å². The molecule has 3 rings (SSSR count). The number of carbonyl (C=O) groups is 1. The molecule has 1 saturated heterocycles. The van der Waals surface area contributed by atoms with E-state index in [2.05, 4.69) is 17.1 Å². The maximum absolute atomic E-state index is 12.2. The van der Waals surface area contributed by atoms with E-state index in [0.717, 1.165) is 37.8 Å². The molecule has 4 heteroatoms. The van der Waals surface area contributed by atoms with Crippen LogP contribution in [0.25, 0.3) is 0 Å². The predicted octanol–water partition coefficient (Wildman–Crippen LogP) is 2.57. The second-order valence-corrected chi connectivity index (χ2v) is 6.43. The molecule has 0 unspecified atom stereocenters. The standard InChI is InChI=1S/C19H26N2O2/c22-19(16-23-18-9-5-2-6-10-18)21-13-11-20(12-14-21)15-17-7-3-1-4-8-17/h1-3,5-6,9-10,17H,4,7-8,11-16H2/t17-/m0/s1. The Kier molecular flexibility index (Phi) is 5.70. The largest absolute Gasteiger partial charge is 0.484 e. The highest BCUT2D eigenvalue weighted by molar-refractivity contribution is 5.77.